The number of oxime groups is 1. The van der Waals surface area contributed by atoms with E-state index in [1.165, 1.54) is 12.3 Å². The van der Waals surface area contributed by atoms with Crippen molar-refractivity contribution in [3.63, 3.8) is 0 Å². The third-order valence-corrected chi connectivity index (χ3v) is 5.55. The first-order valence-electron chi connectivity index (χ1n) is 13.0. The van der Waals surface area contributed by atoms with Crippen LogP contribution in [0.4, 0.5) is 0 Å². The number of pyridine rings is 1. The van der Waals surface area contributed by atoms with Crippen molar-refractivity contribution in [3.8, 4) is 11.8 Å². The Balaban J connectivity index is 1.71. The molecule has 220 valence electrons. The van der Waals surface area contributed by atoms with Gasteiger partial charge in [0, 0.05) is 6.54 Å². The molecule has 0 radical (unpaired) electrons. The molecular weight excluding hydrogens is 594 g/mol. The fourth-order valence-electron chi connectivity index (χ4n) is 3.22. The zero-order valence-corrected chi connectivity index (χ0v) is 24.6. The van der Waals surface area contributed by atoms with Crippen LogP contribution in [0.3, 0.4) is 0 Å². The van der Waals surface area contributed by atoms with Gasteiger partial charge in [-0.2, -0.15) is 5.26 Å². The highest BCUT2D eigenvalue weighted by molar-refractivity contribution is 9.10. The van der Waals surface area contributed by atoms with Gasteiger partial charge in [0.05, 0.1) is 57.6 Å². The lowest BCUT2D eigenvalue weighted by molar-refractivity contribution is -0.117. The van der Waals surface area contributed by atoms with E-state index in [0.29, 0.717) is 68.8 Å². The number of aromatic nitrogens is 1. The van der Waals surface area contributed by atoms with Gasteiger partial charge in [-0.15, -0.1) is 0 Å². The van der Waals surface area contributed by atoms with Gasteiger partial charge < -0.3 is 34.8 Å². The minimum atomic E-state index is -0.503. The van der Waals surface area contributed by atoms with Crippen molar-refractivity contribution in [3.05, 3.63) is 76.1 Å². The van der Waals surface area contributed by atoms with Crippen LogP contribution in [0.25, 0.3) is 6.08 Å². The number of nitrogens with two attached hydrogens (primary N) is 1. The Labute approximate surface area is 249 Å². The molecule has 3 N–H and O–H groups in total. The first-order valence-corrected chi connectivity index (χ1v) is 13.8. The fourth-order valence-corrected chi connectivity index (χ4v) is 3.57. The van der Waals surface area contributed by atoms with Gasteiger partial charge in [-0.05, 0) is 58.8 Å². The maximum Gasteiger partial charge on any atom is 0.262 e. The third kappa shape index (κ3) is 14.6. The summed E-state index contributed by atoms with van der Waals surface area (Å²) in [6, 6.07) is 14.0. The number of carbonyl (C=O) groups is 1. The maximum absolute atomic E-state index is 12.8. The summed E-state index contributed by atoms with van der Waals surface area (Å²) in [6.45, 7) is 5.77. The number of nitriles is 1. The van der Waals surface area contributed by atoms with Gasteiger partial charge in [-0.3, -0.25) is 4.79 Å². The van der Waals surface area contributed by atoms with E-state index in [1.807, 2.05) is 37.3 Å². The van der Waals surface area contributed by atoms with E-state index in [0.717, 1.165) is 5.56 Å². The van der Waals surface area contributed by atoms with Crippen molar-refractivity contribution >= 4 is 34.1 Å². The Kier molecular flexibility index (Phi) is 17.4. The summed E-state index contributed by atoms with van der Waals surface area (Å²) < 4.78 is 22.2. The molecule has 0 fully saturated rings. The van der Waals surface area contributed by atoms with Crippen molar-refractivity contribution in [2.45, 2.75) is 13.0 Å². The Bertz CT molecular complexity index is 1170. The zero-order chi connectivity index (χ0) is 29.5. The van der Waals surface area contributed by atoms with Crippen LogP contribution in [-0.4, -0.2) is 76.5 Å². The highest BCUT2D eigenvalue weighted by atomic mass is 79.9. The Hall–Kier alpha value is -3.60. The topological polar surface area (TPSA) is 150 Å². The first kappa shape index (κ1) is 33.6. The van der Waals surface area contributed by atoms with E-state index >= 15 is 0 Å². The van der Waals surface area contributed by atoms with Crippen molar-refractivity contribution in [1.82, 2.24) is 10.3 Å². The van der Waals surface area contributed by atoms with Crippen LogP contribution in [0.1, 0.15) is 24.2 Å². The second-order valence-electron chi connectivity index (χ2n) is 8.16. The molecule has 0 aliphatic heterocycles. The number of hydrogen-bond acceptors (Lipinski definition) is 10. The highest BCUT2D eigenvalue weighted by Crippen LogP contribution is 2.20. The molecule has 1 aromatic heterocycles. The predicted octanol–water partition coefficient (Wildman–Crippen LogP) is 3.57. The minimum absolute atomic E-state index is 0.0487. The van der Waals surface area contributed by atoms with Crippen molar-refractivity contribution < 1.29 is 28.6 Å². The van der Waals surface area contributed by atoms with Crippen molar-refractivity contribution in [1.29, 1.82) is 5.26 Å². The monoisotopic (exact) mass is 629 g/mol. The molecular formula is C29H36BrN5O6. The van der Waals surface area contributed by atoms with Gasteiger partial charge >= 0.3 is 0 Å². The molecule has 0 unspecified atom stereocenters. The number of amides is 1. The number of carbonyl (C=O) groups excluding carboxylic acids is 1. The van der Waals surface area contributed by atoms with Gasteiger partial charge in [0.2, 0.25) is 0 Å². The molecule has 1 aromatic carbocycles. The molecule has 1 heterocycles. The SMILES string of the molecule is C/C=C\[C@H](NC(=O)/C(C#N)=C/c1cccc(Br)n1)c1ccc(OC/C=N/OCCOCCOCCOCCN)cc1. The summed E-state index contributed by atoms with van der Waals surface area (Å²) in [5, 5.41) is 16.2. The number of allylic oxidation sites excluding steroid dienone is 1. The molecule has 12 heteroatoms. The van der Waals surface area contributed by atoms with E-state index in [4.69, 9.17) is 29.5 Å². The zero-order valence-electron chi connectivity index (χ0n) is 23.0. The van der Waals surface area contributed by atoms with Gasteiger partial charge in [-0.25, -0.2) is 4.98 Å². The molecule has 0 aliphatic rings. The molecule has 11 nitrogen and oxygen atoms in total. The lowest BCUT2D eigenvalue weighted by Gasteiger charge is -2.16. The normalized spacial score (nSPS) is 12.4. The number of rotatable bonds is 20. The predicted molar refractivity (Wildman–Crippen MR) is 159 cm³/mol. The summed E-state index contributed by atoms with van der Waals surface area (Å²) in [4.78, 5) is 22.2. The van der Waals surface area contributed by atoms with E-state index in [9.17, 15) is 10.1 Å². The van der Waals surface area contributed by atoms with Gasteiger partial charge in [0.1, 0.15) is 35.2 Å². The number of ether oxygens (including phenoxy) is 4. The average Bonchev–Trinajstić information content (AvgIpc) is 2.98. The third-order valence-electron chi connectivity index (χ3n) is 5.10. The largest absolute Gasteiger partial charge is 0.488 e. The standard InChI is InChI=1S/C29H36BrN5O6/c1-2-4-27(35-29(36)24(22-32)21-25-5-3-6-28(30)34-25)23-7-9-26(10-8-23)40-14-12-33-41-20-19-39-18-17-38-16-15-37-13-11-31/h2-10,12,21,27H,11,13-20,31H2,1H3,(H,35,36)/b4-2-,24-21+,33-12+/t27-/m0/s1. The van der Waals surface area contributed by atoms with Gasteiger partial charge in [0.15, 0.2) is 0 Å². The maximum atomic E-state index is 12.8. The van der Waals surface area contributed by atoms with Crippen molar-refractivity contribution in [2.75, 3.05) is 59.4 Å². The molecule has 41 heavy (non-hydrogen) atoms. The molecule has 1 atom stereocenters. The number of halogens is 1. The average molecular weight is 631 g/mol. The van der Waals surface area contributed by atoms with E-state index in [-0.39, 0.29) is 12.2 Å². The summed E-state index contributed by atoms with van der Waals surface area (Å²) in [6.07, 6.45) is 6.62. The lowest BCUT2D eigenvalue weighted by Crippen LogP contribution is -2.28. The summed E-state index contributed by atoms with van der Waals surface area (Å²) in [7, 11) is 0. The van der Waals surface area contributed by atoms with Crippen LogP contribution in [0.15, 0.2) is 69.9 Å². The highest BCUT2D eigenvalue weighted by Gasteiger charge is 2.16. The Morgan fingerprint density at radius 3 is 2.39 bits per heavy atom. The summed E-state index contributed by atoms with van der Waals surface area (Å²) >= 11 is 3.29. The second-order valence-corrected chi connectivity index (χ2v) is 8.97. The van der Waals surface area contributed by atoms with Crippen LogP contribution in [0.5, 0.6) is 5.75 Å². The molecule has 0 aliphatic carbocycles. The van der Waals surface area contributed by atoms with Crippen LogP contribution < -0.4 is 15.8 Å². The molecule has 1 amide bonds. The molecule has 2 aromatic rings. The minimum Gasteiger partial charge on any atom is -0.488 e. The number of hydrogen-bond donors (Lipinski definition) is 2. The Morgan fingerprint density at radius 2 is 1.76 bits per heavy atom. The van der Waals surface area contributed by atoms with Crippen LogP contribution in [-0.2, 0) is 23.8 Å². The quantitative estimate of drug-likeness (QED) is 0.0426. The lowest BCUT2D eigenvalue weighted by atomic mass is 10.1. The van der Waals surface area contributed by atoms with E-state index < -0.39 is 11.9 Å². The molecule has 2 rings (SSSR count). The number of nitrogens with zero attached hydrogens (tertiary/aromatic N) is 3. The smallest absolute Gasteiger partial charge is 0.262 e. The van der Waals surface area contributed by atoms with Gasteiger partial charge in [0.25, 0.3) is 5.91 Å². The van der Waals surface area contributed by atoms with Crippen LogP contribution in [0.2, 0.25) is 0 Å². The number of benzene rings is 1. The molecule has 0 spiro atoms. The number of nitrogens with one attached hydrogen (secondary N) is 1. The first-order chi connectivity index (χ1) is 20.1. The fraction of sp³-hybridized carbons (Fsp3) is 0.379. The van der Waals surface area contributed by atoms with Gasteiger partial charge in [-0.1, -0.05) is 35.5 Å². The van der Waals surface area contributed by atoms with Crippen molar-refractivity contribution in [2.24, 2.45) is 10.9 Å². The molecule has 0 saturated heterocycles. The summed E-state index contributed by atoms with van der Waals surface area (Å²) in [5.41, 5.74) is 6.60. The second kappa shape index (κ2) is 21.2. The van der Waals surface area contributed by atoms with E-state index in [1.54, 1.807) is 30.3 Å². The van der Waals surface area contributed by atoms with Crippen LogP contribution >= 0.6 is 15.9 Å². The van der Waals surface area contributed by atoms with Crippen LogP contribution in [0, 0.1) is 11.3 Å². The van der Waals surface area contributed by atoms with E-state index in [2.05, 4.69) is 31.4 Å². The summed E-state index contributed by atoms with van der Waals surface area (Å²) in [5.74, 6) is 0.123. The Morgan fingerprint density at radius 1 is 1.07 bits per heavy atom. The molecule has 0 bridgehead atoms. The molecule has 0 saturated carbocycles.